The van der Waals surface area contributed by atoms with Crippen molar-refractivity contribution >= 4 is 11.7 Å². The first-order valence-corrected chi connectivity index (χ1v) is 10.9. The van der Waals surface area contributed by atoms with Crippen molar-refractivity contribution in [2.45, 2.75) is 51.1 Å². The fourth-order valence-electron chi connectivity index (χ4n) is 5.44. The van der Waals surface area contributed by atoms with Crippen LogP contribution in [0.4, 0.5) is 0 Å². The van der Waals surface area contributed by atoms with Gasteiger partial charge in [0.15, 0.2) is 5.78 Å². The molecule has 1 amide bonds. The molecular formula is C26H30N3O2+. The van der Waals surface area contributed by atoms with E-state index in [0.29, 0.717) is 6.54 Å². The molecule has 0 bridgehead atoms. The first kappa shape index (κ1) is 21.0. The van der Waals surface area contributed by atoms with Gasteiger partial charge >= 0.3 is 0 Å². The lowest BCUT2D eigenvalue weighted by atomic mass is 9.64. The summed E-state index contributed by atoms with van der Waals surface area (Å²) in [5, 5.41) is 0. The Balaban J connectivity index is 1.74. The number of Topliss-reactive ketones (excluding diaryl/α,β-unsaturated/α-hetero) is 1. The summed E-state index contributed by atoms with van der Waals surface area (Å²) in [6, 6.07) is 20.2. The monoisotopic (exact) mass is 416 g/mol. The number of aromatic nitrogens is 2. The molecule has 1 aliphatic carbocycles. The van der Waals surface area contributed by atoms with Crippen LogP contribution in [-0.4, -0.2) is 16.3 Å². The first-order valence-electron chi connectivity index (χ1n) is 10.9. The van der Waals surface area contributed by atoms with Gasteiger partial charge in [-0.25, -0.2) is 9.13 Å². The molecule has 1 heterocycles. The fraction of sp³-hybridized carbons (Fsp3) is 0.346. The predicted molar refractivity (Wildman–Crippen MR) is 119 cm³/mol. The van der Waals surface area contributed by atoms with Crippen molar-refractivity contribution in [2.24, 2.45) is 11.7 Å². The number of carbonyl (C=O) groups is 2. The summed E-state index contributed by atoms with van der Waals surface area (Å²) in [4.78, 5) is 24.8. The molecule has 0 saturated heterocycles. The molecular weight excluding hydrogens is 386 g/mol. The van der Waals surface area contributed by atoms with Gasteiger partial charge in [0, 0.05) is 6.92 Å². The van der Waals surface area contributed by atoms with E-state index < -0.39 is 5.41 Å². The molecule has 1 fully saturated rings. The topological polar surface area (TPSA) is 69.0 Å². The molecule has 1 aliphatic rings. The molecule has 2 atom stereocenters. The van der Waals surface area contributed by atoms with E-state index in [4.69, 9.17) is 5.73 Å². The standard InChI is InChI=1S/C26H29N3O2/c1-19(30)18-28-15-16-29(20(28)2)24-14-13-23(17-24)26(25(27)31,21-9-5-3-6-10-21)22-11-7-4-8-12-22/h3-12,15-16,23-24H,13-14,17-18H2,1-2H3,(H-,27,31)/p+1/t23-,24-/m0/s1. The lowest BCUT2D eigenvalue weighted by Crippen LogP contribution is -2.47. The summed E-state index contributed by atoms with van der Waals surface area (Å²) in [6.07, 6.45) is 6.75. The zero-order chi connectivity index (χ0) is 22.0. The highest BCUT2D eigenvalue weighted by Gasteiger charge is 2.51. The Kier molecular flexibility index (Phi) is 5.77. The van der Waals surface area contributed by atoms with Gasteiger partial charge in [0.2, 0.25) is 5.91 Å². The molecule has 160 valence electrons. The van der Waals surface area contributed by atoms with Crippen LogP contribution in [0.3, 0.4) is 0 Å². The van der Waals surface area contributed by atoms with Gasteiger partial charge in [-0.05, 0) is 43.2 Å². The van der Waals surface area contributed by atoms with E-state index in [2.05, 4.69) is 10.8 Å². The van der Waals surface area contributed by atoms with Crippen molar-refractivity contribution < 1.29 is 14.2 Å². The minimum atomic E-state index is -0.867. The third-order valence-corrected chi connectivity index (χ3v) is 6.85. The summed E-state index contributed by atoms with van der Waals surface area (Å²) in [6.45, 7) is 4.04. The van der Waals surface area contributed by atoms with Gasteiger partial charge in [-0.15, -0.1) is 0 Å². The molecule has 0 spiro atoms. The number of primary amides is 1. The molecule has 2 N–H and O–H groups in total. The summed E-state index contributed by atoms with van der Waals surface area (Å²) >= 11 is 0. The molecule has 0 aliphatic heterocycles. The van der Waals surface area contributed by atoms with Crippen LogP contribution in [0.25, 0.3) is 0 Å². The fourth-order valence-corrected chi connectivity index (χ4v) is 5.44. The molecule has 4 rings (SSSR count). The lowest BCUT2D eigenvalue weighted by molar-refractivity contribution is -0.689. The van der Waals surface area contributed by atoms with Crippen molar-refractivity contribution in [3.05, 3.63) is 90.0 Å². The number of rotatable bonds is 7. The highest BCUT2D eigenvalue weighted by Crippen LogP contribution is 2.49. The summed E-state index contributed by atoms with van der Waals surface area (Å²) in [5.74, 6) is 0.982. The number of benzene rings is 2. The minimum Gasteiger partial charge on any atom is -0.369 e. The lowest BCUT2D eigenvalue weighted by Gasteiger charge is -2.37. The number of nitrogens with zero attached hydrogens (tertiary/aromatic N) is 2. The SMILES string of the molecule is CC(=O)C[n+]1ccn([C@H]2CC[C@H](C(C(N)=O)(c3ccccc3)c3ccccc3)C2)c1C. The van der Waals surface area contributed by atoms with Gasteiger partial charge in [0.25, 0.3) is 5.82 Å². The Hall–Kier alpha value is -3.21. The van der Waals surface area contributed by atoms with Crippen molar-refractivity contribution in [2.75, 3.05) is 0 Å². The second kappa shape index (κ2) is 8.50. The van der Waals surface area contributed by atoms with Crippen LogP contribution in [0.2, 0.25) is 0 Å². The van der Waals surface area contributed by atoms with E-state index in [0.717, 1.165) is 36.2 Å². The zero-order valence-electron chi connectivity index (χ0n) is 18.2. The summed E-state index contributed by atoms with van der Waals surface area (Å²) in [5.41, 5.74) is 7.24. The van der Waals surface area contributed by atoms with Gasteiger partial charge in [0.05, 0.1) is 0 Å². The van der Waals surface area contributed by atoms with Crippen molar-refractivity contribution in [1.82, 2.24) is 4.57 Å². The largest absolute Gasteiger partial charge is 0.369 e. The van der Waals surface area contributed by atoms with E-state index in [1.807, 2.05) is 78.4 Å². The predicted octanol–water partition coefficient (Wildman–Crippen LogP) is 3.49. The molecule has 2 aromatic carbocycles. The Morgan fingerprint density at radius 2 is 1.61 bits per heavy atom. The van der Waals surface area contributed by atoms with Crippen LogP contribution in [-0.2, 0) is 21.5 Å². The minimum absolute atomic E-state index is 0.0860. The Morgan fingerprint density at radius 3 is 2.13 bits per heavy atom. The number of nitrogens with two attached hydrogens (primary N) is 1. The van der Waals surface area contributed by atoms with E-state index >= 15 is 0 Å². The molecule has 5 nitrogen and oxygen atoms in total. The van der Waals surface area contributed by atoms with E-state index in [9.17, 15) is 9.59 Å². The molecule has 1 saturated carbocycles. The first-order chi connectivity index (χ1) is 14.9. The van der Waals surface area contributed by atoms with E-state index in [1.54, 1.807) is 6.92 Å². The van der Waals surface area contributed by atoms with Crippen molar-refractivity contribution in [1.29, 1.82) is 0 Å². The third kappa shape index (κ3) is 3.69. The average molecular weight is 417 g/mol. The smallest absolute Gasteiger partial charge is 0.253 e. The quantitative estimate of drug-likeness (QED) is 0.599. The number of amides is 1. The van der Waals surface area contributed by atoms with Crippen LogP contribution in [0.1, 0.15) is 49.2 Å². The third-order valence-electron chi connectivity index (χ3n) is 6.85. The highest BCUT2D eigenvalue weighted by atomic mass is 16.1. The number of hydrogen-bond acceptors (Lipinski definition) is 2. The molecule has 5 heteroatoms. The Bertz CT molecular complexity index is 1030. The van der Waals surface area contributed by atoms with Crippen LogP contribution in [0.5, 0.6) is 0 Å². The maximum atomic E-state index is 13.2. The normalized spacial score (nSPS) is 18.8. The molecule has 1 aromatic heterocycles. The van der Waals surface area contributed by atoms with Crippen LogP contribution < -0.4 is 10.3 Å². The van der Waals surface area contributed by atoms with Gasteiger partial charge < -0.3 is 5.73 Å². The van der Waals surface area contributed by atoms with Gasteiger partial charge in [-0.1, -0.05) is 60.7 Å². The van der Waals surface area contributed by atoms with Crippen LogP contribution >= 0.6 is 0 Å². The molecule has 3 aromatic rings. The number of hydrogen-bond donors (Lipinski definition) is 1. The molecule has 0 radical (unpaired) electrons. The summed E-state index contributed by atoms with van der Waals surface area (Å²) < 4.78 is 4.25. The average Bonchev–Trinajstić information content (AvgIpc) is 3.37. The maximum Gasteiger partial charge on any atom is 0.253 e. The van der Waals surface area contributed by atoms with Gasteiger partial charge in [-0.3, -0.25) is 9.59 Å². The van der Waals surface area contributed by atoms with E-state index in [-0.39, 0.29) is 23.7 Å². The zero-order valence-corrected chi connectivity index (χ0v) is 18.2. The van der Waals surface area contributed by atoms with E-state index in [1.165, 1.54) is 0 Å². The van der Waals surface area contributed by atoms with Crippen molar-refractivity contribution in [3.63, 3.8) is 0 Å². The van der Waals surface area contributed by atoms with Crippen LogP contribution in [0.15, 0.2) is 73.1 Å². The number of carbonyl (C=O) groups excluding carboxylic acids is 2. The second-order valence-electron chi connectivity index (χ2n) is 8.65. The highest BCUT2D eigenvalue weighted by molar-refractivity contribution is 5.91. The van der Waals surface area contributed by atoms with Gasteiger partial charge in [-0.2, -0.15) is 0 Å². The Morgan fingerprint density at radius 1 is 1.03 bits per heavy atom. The Labute approximate surface area is 183 Å². The molecule has 0 unspecified atom stereocenters. The number of imidazole rings is 1. The number of ketones is 1. The summed E-state index contributed by atoms with van der Waals surface area (Å²) in [7, 11) is 0. The second-order valence-corrected chi connectivity index (χ2v) is 8.65. The van der Waals surface area contributed by atoms with Crippen LogP contribution in [0, 0.1) is 12.8 Å². The van der Waals surface area contributed by atoms with Gasteiger partial charge in [0.1, 0.15) is 30.4 Å². The maximum absolute atomic E-state index is 13.2. The van der Waals surface area contributed by atoms with Crippen molar-refractivity contribution in [3.8, 4) is 0 Å². The molecule has 31 heavy (non-hydrogen) atoms.